The highest BCUT2D eigenvalue weighted by molar-refractivity contribution is 7.89. The van der Waals surface area contributed by atoms with Crippen molar-refractivity contribution in [3.8, 4) is 0 Å². The molecule has 2 aromatic carbocycles. The number of benzene rings is 2. The Labute approximate surface area is 153 Å². The third kappa shape index (κ3) is 3.20. The average Bonchev–Trinajstić information content (AvgIpc) is 2.99. The molecule has 3 rings (SSSR count). The molecular formula is C19H22N2O4S. The van der Waals surface area contributed by atoms with Crippen LogP contribution in [0.1, 0.15) is 24.1 Å². The van der Waals surface area contributed by atoms with E-state index in [1.807, 2.05) is 44.2 Å². The van der Waals surface area contributed by atoms with Crippen molar-refractivity contribution >= 4 is 16.1 Å². The lowest BCUT2D eigenvalue weighted by atomic mass is 10.1. The van der Waals surface area contributed by atoms with E-state index < -0.39 is 28.7 Å². The van der Waals surface area contributed by atoms with Crippen molar-refractivity contribution in [1.29, 1.82) is 0 Å². The van der Waals surface area contributed by atoms with Crippen molar-refractivity contribution in [2.24, 2.45) is 0 Å². The number of aliphatic hydroxyl groups excluding tert-OH is 1. The van der Waals surface area contributed by atoms with Crippen LogP contribution in [0.3, 0.4) is 0 Å². The molecular weight excluding hydrogens is 352 g/mol. The van der Waals surface area contributed by atoms with Crippen LogP contribution in [-0.2, 0) is 10.0 Å². The smallest absolute Gasteiger partial charge is 0.334 e. The lowest BCUT2D eigenvalue weighted by molar-refractivity contribution is 0.192. The second-order valence-electron chi connectivity index (χ2n) is 6.47. The van der Waals surface area contributed by atoms with Gasteiger partial charge in [-0.15, -0.1) is 0 Å². The Bertz CT molecular complexity index is 882. The fourth-order valence-corrected chi connectivity index (χ4v) is 4.70. The molecule has 1 unspecified atom stereocenters. The highest BCUT2D eigenvalue weighted by Crippen LogP contribution is 2.31. The van der Waals surface area contributed by atoms with Crippen molar-refractivity contribution in [2.75, 3.05) is 13.2 Å². The first-order chi connectivity index (χ1) is 12.4. The molecule has 2 aromatic rings. The zero-order chi connectivity index (χ0) is 18.9. The Hall–Kier alpha value is -2.38. The highest BCUT2D eigenvalue weighted by Gasteiger charge is 2.46. The summed E-state index contributed by atoms with van der Waals surface area (Å²) in [6, 6.07) is 14.0. The third-order valence-corrected chi connectivity index (χ3v) is 6.55. The Morgan fingerprint density at radius 3 is 2.31 bits per heavy atom. The fourth-order valence-electron chi connectivity index (χ4n) is 3.15. The quantitative estimate of drug-likeness (QED) is 0.872. The van der Waals surface area contributed by atoms with E-state index in [-0.39, 0.29) is 17.5 Å². The molecule has 1 N–H and O–H groups in total. The molecule has 2 atom stereocenters. The summed E-state index contributed by atoms with van der Waals surface area (Å²) in [7, 11) is -4.03. The summed E-state index contributed by atoms with van der Waals surface area (Å²) < 4.78 is 26.8. The first kappa shape index (κ1) is 18.4. The number of hydrogen-bond donors (Lipinski definition) is 1. The van der Waals surface area contributed by atoms with Crippen molar-refractivity contribution in [3.63, 3.8) is 0 Å². The van der Waals surface area contributed by atoms with Gasteiger partial charge in [0.15, 0.2) is 0 Å². The van der Waals surface area contributed by atoms with E-state index >= 15 is 0 Å². The number of rotatable bonds is 5. The number of sulfonamides is 1. The molecule has 7 heteroatoms. The van der Waals surface area contributed by atoms with Crippen molar-refractivity contribution in [2.45, 2.75) is 30.8 Å². The maximum absolute atomic E-state index is 13.0. The molecule has 0 saturated carbocycles. The Morgan fingerprint density at radius 1 is 1.12 bits per heavy atom. The van der Waals surface area contributed by atoms with E-state index in [4.69, 9.17) is 0 Å². The molecule has 1 aliphatic heterocycles. The van der Waals surface area contributed by atoms with Crippen LogP contribution in [0, 0.1) is 6.92 Å². The van der Waals surface area contributed by atoms with Gasteiger partial charge < -0.3 is 10.0 Å². The van der Waals surface area contributed by atoms with Gasteiger partial charge in [0, 0.05) is 6.54 Å². The Balaban J connectivity index is 1.94. The normalized spacial score (nSPS) is 19.0. The van der Waals surface area contributed by atoms with E-state index in [1.165, 1.54) is 17.0 Å². The van der Waals surface area contributed by atoms with E-state index in [9.17, 15) is 18.3 Å². The van der Waals surface area contributed by atoms with E-state index in [2.05, 4.69) is 0 Å². The summed E-state index contributed by atoms with van der Waals surface area (Å²) in [5.74, 6) is 0. The topological polar surface area (TPSA) is 77.9 Å². The number of urea groups is 1. The van der Waals surface area contributed by atoms with Gasteiger partial charge in [0.25, 0.3) is 10.0 Å². The van der Waals surface area contributed by atoms with Crippen LogP contribution in [0.4, 0.5) is 4.79 Å². The van der Waals surface area contributed by atoms with Crippen LogP contribution in [0.2, 0.25) is 0 Å². The Kier molecular flexibility index (Phi) is 5.02. The number of aryl methyl sites for hydroxylation is 1. The van der Waals surface area contributed by atoms with E-state index in [1.54, 1.807) is 12.1 Å². The molecule has 138 valence electrons. The van der Waals surface area contributed by atoms with Gasteiger partial charge in [-0.3, -0.25) is 0 Å². The van der Waals surface area contributed by atoms with Crippen LogP contribution in [0.15, 0.2) is 59.5 Å². The van der Waals surface area contributed by atoms with Crippen LogP contribution in [0.25, 0.3) is 0 Å². The summed E-state index contributed by atoms with van der Waals surface area (Å²) in [5.41, 5.74) is 1.84. The molecule has 0 aliphatic carbocycles. The van der Waals surface area contributed by atoms with E-state index in [0.717, 1.165) is 15.4 Å². The van der Waals surface area contributed by atoms with Crippen molar-refractivity contribution in [1.82, 2.24) is 9.21 Å². The summed E-state index contributed by atoms with van der Waals surface area (Å²) in [6.07, 6.45) is 0. The van der Waals surface area contributed by atoms with Crippen LogP contribution in [-0.4, -0.2) is 48.0 Å². The predicted octanol–water partition coefficient (Wildman–Crippen LogP) is 2.54. The molecule has 0 bridgehead atoms. The summed E-state index contributed by atoms with van der Waals surface area (Å²) in [6.45, 7) is 3.44. The van der Waals surface area contributed by atoms with Gasteiger partial charge in [-0.2, -0.15) is 0 Å². The molecule has 1 heterocycles. The van der Waals surface area contributed by atoms with Gasteiger partial charge >= 0.3 is 6.03 Å². The van der Waals surface area contributed by atoms with Crippen molar-refractivity contribution in [3.05, 3.63) is 65.7 Å². The standard InChI is InChI=1S/C19H22N2O4S/c1-14-8-10-18(11-9-14)26(24,25)21-17(13-22)12-20(19(21)23)15(2)16-6-4-3-5-7-16/h3-11,15,17,22H,12-13H2,1-2H3/t15-,17?/m1/s1. The molecule has 6 nitrogen and oxygen atoms in total. The third-order valence-electron chi connectivity index (χ3n) is 4.71. The molecule has 26 heavy (non-hydrogen) atoms. The number of nitrogens with zero attached hydrogens (tertiary/aromatic N) is 2. The van der Waals surface area contributed by atoms with Gasteiger partial charge in [-0.25, -0.2) is 17.5 Å². The van der Waals surface area contributed by atoms with Gasteiger partial charge in [-0.05, 0) is 31.5 Å². The molecule has 1 aliphatic rings. The highest BCUT2D eigenvalue weighted by atomic mass is 32.2. The van der Waals surface area contributed by atoms with Crippen LogP contribution in [0.5, 0.6) is 0 Å². The minimum atomic E-state index is -4.03. The summed E-state index contributed by atoms with van der Waals surface area (Å²) in [4.78, 5) is 14.5. The van der Waals surface area contributed by atoms with E-state index in [0.29, 0.717) is 0 Å². The van der Waals surface area contributed by atoms with Crippen LogP contribution < -0.4 is 0 Å². The first-order valence-corrected chi connectivity index (χ1v) is 9.87. The average molecular weight is 374 g/mol. The predicted molar refractivity (Wildman–Crippen MR) is 98.0 cm³/mol. The van der Waals surface area contributed by atoms with Gasteiger partial charge in [0.2, 0.25) is 0 Å². The molecule has 2 amide bonds. The number of amides is 2. The lowest BCUT2D eigenvalue weighted by Gasteiger charge is -2.25. The Morgan fingerprint density at radius 2 is 1.73 bits per heavy atom. The fraction of sp³-hybridized carbons (Fsp3) is 0.316. The monoisotopic (exact) mass is 374 g/mol. The maximum atomic E-state index is 13.0. The minimum Gasteiger partial charge on any atom is -0.394 e. The second-order valence-corrected chi connectivity index (χ2v) is 8.29. The van der Waals surface area contributed by atoms with Crippen molar-refractivity contribution < 1.29 is 18.3 Å². The maximum Gasteiger partial charge on any atom is 0.334 e. The molecule has 0 radical (unpaired) electrons. The second kappa shape index (κ2) is 7.09. The zero-order valence-electron chi connectivity index (χ0n) is 14.7. The van der Waals surface area contributed by atoms with Gasteiger partial charge in [-0.1, -0.05) is 48.0 Å². The largest absolute Gasteiger partial charge is 0.394 e. The lowest BCUT2D eigenvalue weighted by Crippen LogP contribution is -2.41. The number of aliphatic hydroxyl groups is 1. The SMILES string of the molecule is Cc1ccc(S(=O)(=O)N2C(=O)N([C@H](C)c3ccccc3)CC2CO)cc1. The number of hydrogen-bond acceptors (Lipinski definition) is 4. The molecule has 0 spiro atoms. The zero-order valence-corrected chi connectivity index (χ0v) is 15.6. The number of carbonyl (C=O) groups is 1. The van der Waals surface area contributed by atoms with Gasteiger partial charge in [0.05, 0.1) is 23.6 Å². The minimum absolute atomic E-state index is 0.0455. The van der Waals surface area contributed by atoms with Crippen LogP contribution >= 0.6 is 0 Å². The molecule has 1 saturated heterocycles. The first-order valence-electron chi connectivity index (χ1n) is 8.43. The van der Waals surface area contributed by atoms with Gasteiger partial charge in [0.1, 0.15) is 0 Å². The number of carbonyl (C=O) groups excluding carboxylic acids is 1. The molecule has 0 aromatic heterocycles. The molecule has 1 fully saturated rings. The summed E-state index contributed by atoms with van der Waals surface area (Å²) >= 11 is 0. The summed E-state index contributed by atoms with van der Waals surface area (Å²) in [5, 5.41) is 9.69.